The Hall–Kier alpha value is -3.58. The molecule has 7 heteroatoms. The number of piperidine rings is 1. The molecule has 0 radical (unpaired) electrons. The zero-order valence-electron chi connectivity index (χ0n) is 19.9. The Kier molecular flexibility index (Phi) is 7.14. The Morgan fingerprint density at radius 1 is 0.829 bits per heavy atom. The summed E-state index contributed by atoms with van der Waals surface area (Å²) in [4.78, 5) is 31.9. The summed E-state index contributed by atoms with van der Waals surface area (Å²) < 4.78 is 5.21. The number of hydrogen-bond acceptors (Lipinski definition) is 5. The predicted octanol–water partition coefficient (Wildman–Crippen LogP) is 4.09. The van der Waals surface area contributed by atoms with Crippen molar-refractivity contribution < 1.29 is 14.0 Å². The fourth-order valence-electron chi connectivity index (χ4n) is 4.91. The molecule has 1 aromatic heterocycles. The van der Waals surface area contributed by atoms with E-state index in [4.69, 9.17) is 4.42 Å². The van der Waals surface area contributed by atoms with E-state index in [0.29, 0.717) is 31.7 Å². The van der Waals surface area contributed by atoms with Gasteiger partial charge in [0, 0.05) is 63.1 Å². The molecule has 2 amide bonds. The van der Waals surface area contributed by atoms with Crippen LogP contribution in [0.1, 0.15) is 29.0 Å². The number of anilines is 2. The Balaban J connectivity index is 1.07. The summed E-state index contributed by atoms with van der Waals surface area (Å²) in [5.74, 6) is 0.182. The fourth-order valence-corrected chi connectivity index (χ4v) is 4.91. The molecule has 35 heavy (non-hydrogen) atoms. The van der Waals surface area contributed by atoms with Crippen LogP contribution in [0.3, 0.4) is 0 Å². The second kappa shape index (κ2) is 10.8. The van der Waals surface area contributed by atoms with Crippen LogP contribution in [0, 0.1) is 5.92 Å². The number of rotatable bonds is 6. The summed E-state index contributed by atoms with van der Waals surface area (Å²) >= 11 is 0. The second-order valence-corrected chi connectivity index (χ2v) is 9.33. The van der Waals surface area contributed by atoms with E-state index >= 15 is 0 Å². The minimum absolute atomic E-state index is 0.0253. The third-order valence-corrected chi connectivity index (χ3v) is 7.01. The van der Waals surface area contributed by atoms with E-state index < -0.39 is 0 Å². The molecule has 0 bridgehead atoms. The first-order chi connectivity index (χ1) is 17.2. The lowest BCUT2D eigenvalue weighted by Gasteiger charge is -2.36. The highest BCUT2D eigenvalue weighted by molar-refractivity contribution is 5.94. The van der Waals surface area contributed by atoms with Gasteiger partial charge >= 0.3 is 0 Å². The number of carbonyl (C=O) groups excluding carboxylic acids is 2. The topological polar surface area (TPSA) is 69.0 Å². The van der Waals surface area contributed by atoms with E-state index in [1.165, 1.54) is 17.5 Å². The van der Waals surface area contributed by atoms with Gasteiger partial charge < -0.3 is 19.5 Å². The van der Waals surface area contributed by atoms with Crippen LogP contribution in [0.4, 0.5) is 11.4 Å². The molecular formula is C28H32N4O3. The lowest BCUT2D eigenvalue weighted by molar-refractivity contribution is -0.121. The fraction of sp³-hybridized carbons (Fsp3) is 0.357. The summed E-state index contributed by atoms with van der Waals surface area (Å²) in [6, 6.07) is 22.2. The number of nitrogens with zero attached hydrogens (tertiary/aromatic N) is 3. The number of piperazine rings is 1. The van der Waals surface area contributed by atoms with Crippen molar-refractivity contribution in [3.05, 3.63) is 84.3 Å². The highest BCUT2D eigenvalue weighted by Crippen LogP contribution is 2.23. The molecule has 1 N–H and O–H groups in total. The van der Waals surface area contributed by atoms with Gasteiger partial charge in [-0.2, -0.15) is 0 Å². The van der Waals surface area contributed by atoms with Crippen LogP contribution >= 0.6 is 0 Å². The lowest BCUT2D eigenvalue weighted by Crippen LogP contribution is -2.45. The van der Waals surface area contributed by atoms with Gasteiger partial charge in [0.25, 0.3) is 5.91 Å². The maximum absolute atomic E-state index is 12.8. The van der Waals surface area contributed by atoms with E-state index in [0.717, 1.165) is 38.4 Å². The highest BCUT2D eigenvalue weighted by atomic mass is 16.3. The van der Waals surface area contributed by atoms with Gasteiger partial charge in [0.15, 0.2) is 5.76 Å². The molecule has 2 aliphatic rings. The smallest absolute Gasteiger partial charge is 0.289 e. The van der Waals surface area contributed by atoms with Gasteiger partial charge in [0.1, 0.15) is 0 Å². The molecule has 0 atom stereocenters. The molecule has 0 unspecified atom stereocenters. The summed E-state index contributed by atoms with van der Waals surface area (Å²) in [5, 5.41) is 3.06. The Morgan fingerprint density at radius 3 is 2.20 bits per heavy atom. The SMILES string of the molecule is O=C(Nc1ccc(N2CCN(Cc3ccccc3)CC2)cc1)C1CCN(C(=O)c2ccco2)CC1. The third-order valence-electron chi connectivity index (χ3n) is 7.01. The molecule has 0 aliphatic carbocycles. The molecule has 2 saturated heterocycles. The quantitative estimate of drug-likeness (QED) is 0.585. The van der Waals surface area contributed by atoms with Crippen LogP contribution in [0.25, 0.3) is 0 Å². The maximum atomic E-state index is 12.8. The first-order valence-corrected chi connectivity index (χ1v) is 12.4. The Morgan fingerprint density at radius 2 is 1.54 bits per heavy atom. The van der Waals surface area contributed by atoms with Gasteiger partial charge in [-0.15, -0.1) is 0 Å². The summed E-state index contributed by atoms with van der Waals surface area (Å²) in [7, 11) is 0. The van der Waals surface area contributed by atoms with Crippen molar-refractivity contribution in [1.82, 2.24) is 9.80 Å². The minimum atomic E-state index is -0.106. The van der Waals surface area contributed by atoms with Crippen LogP contribution in [0.2, 0.25) is 0 Å². The average Bonchev–Trinajstić information content (AvgIpc) is 3.45. The van der Waals surface area contributed by atoms with Crippen molar-refractivity contribution in [2.45, 2.75) is 19.4 Å². The Bertz CT molecular complexity index is 1100. The van der Waals surface area contributed by atoms with E-state index in [2.05, 4.69) is 57.6 Å². The number of likely N-dealkylation sites (tertiary alicyclic amines) is 1. The first-order valence-electron chi connectivity index (χ1n) is 12.4. The number of hydrogen-bond donors (Lipinski definition) is 1. The number of benzene rings is 2. The van der Waals surface area contributed by atoms with Crippen molar-refractivity contribution in [3.8, 4) is 0 Å². The molecule has 7 nitrogen and oxygen atoms in total. The zero-order chi connectivity index (χ0) is 24.0. The van der Waals surface area contributed by atoms with Crippen molar-refractivity contribution in [2.75, 3.05) is 49.5 Å². The molecule has 182 valence electrons. The van der Waals surface area contributed by atoms with E-state index in [1.807, 2.05) is 12.1 Å². The van der Waals surface area contributed by atoms with Gasteiger partial charge in [0.05, 0.1) is 6.26 Å². The normalized spacial score (nSPS) is 17.4. The highest BCUT2D eigenvalue weighted by Gasteiger charge is 2.29. The summed E-state index contributed by atoms with van der Waals surface area (Å²) in [6.07, 6.45) is 2.82. The molecule has 5 rings (SSSR count). The van der Waals surface area contributed by atoms with Gasteiger partial charge in [-0.1, -0.05) is 30.3 Å². The minimum Gasteiger partial charge on any atom is -0.459 e. The first kappa shape index (κ1) is 23.2. The number of amides is 2. The van der Waals surface area contributed by atoms with E-state index in [9.17, 15) is 9.59 Å². The third kappa shape index (κ3) is 5.74. The monoisotopic (exact) mass is 472 g/mol. The molecule has 3 aromatic rings. The molecule has 0 saturated carbocycles. The van der Waals surface area contributed by atoms with Gasteiger partial charge in [0.2, 0.25) is 5.91 Å². The standard InChI is InChI=1S/C28H32N4O3/c33-27(23-12-14-32(15-13-23)28(34)26-7-4-20-35-26)29-24-8-10-25(11-9-24)31-18-16-30(17-19-31)21-22-5-2-1-3-6-22/h1-11,20,23H,12-19,21H2,(H,29,33). The molecule has 2 aliphatic heterocycles. The van der Waals surface area contributed by atoms with E-state index in [-0.39, 0.29) is 17.7 Å². The van der Waals surface area contributed by atoms with Crippen molar-refractivity contribution in [3.63, 3.8) is 0 Å². The van der Waals surface area contributed by atoms with Crippen molar-refractivity contribution in [1.29, 1.82) is 0 Å². The number of carbonyl (C=O) groups is 2. The average molecular weight is 473 g/mol. The molecule has 2 aromatic carbocycles. The predicted molar refractivity (Wildman–Crippen MR) is 136 cm³/mol. The van der Waals surface area contributed by atoms with Crippen molar-refractivity contribution in [2.24, 2.45) is 5.92 Å². The van der Waals surface area contributed by atoms with Crippen LogP contribution in [0.5, 0.6) is 0 Å². The molecule has 3 heterocycles. The van der Waals surface area contributed by atoms with Gasteiger partial charge in [-0.25, -0.2) is 0 Å². The van der Waals surface area contributed by atoms with Gasteiger partial charge in [-0.3, -0.25) is 14.5 Å². The number of furan rings is 1. The summed E-state index contributed by atoms with van der Waals surface area (Å²) in [6.45, 7) is 6.18. The van der Waals surface area contributed by atoms with Crippen molar-refractivity contribution >= 4 is 23.2 Å². The molecule has 0 spiro atoms. The molecule has 2 fully saturated rings. The summed E-state index contributed by atoms with van der Waals surface area (Å²) in [5.41, 5.74) is 3.36. The van der Waals surface area contributed by atoms with Crippen LogP contribution < -0.4 is 10.2 Å². The zero-order valence-corrected chi connectivity index (χ0v) is 19.9. The van der Waals surface area contributed by atoms with Crippen LogP contribution in [0.15, 0.2) is 77.4 Å². The van der Waals surface area contributed by atoms with E-state index in [1.54, 1.807) is 17.0 Å². The lowest BCUT2D eigenvalue weighted by atomic mass is 9.95. The Labute approximate surface area is 206 Å². The number of nitrogens with one attached hydrogen (secondary N) is 1. The van der Waals surface area contributed by atoms with Crippen LogP contribution in [-0.2, 0) is 11.3 Å². The maximum Gasteiger partial charge on any atom is 0.289 e. The largest absolute Gasteiger partial charge is 0.459 e. The van der Waals surface area contributed by atoms with Gasteiger partial charge in [-0.05, 0) is 54.8 Å². The second-order valence-electron chi connectivity index (χ2n) is 9.33. The van der Waals surface area contributed by atoms with Crippen LogP contribution in [-0.4, -0.2) is 60.9 Å². The molecular weight excluding hydrogens is 440 g/mol.